The van der Waals surface area contributed by atoms with E-state index in [4.69, 9.17) is 5.84 Å². The Morgan fingerprint density at radius 3 is 2.89 bits per heavy atom. The lowest BCUT2D eigenvalue weighted by molar-refractivity contribution is 0.637. The van der Waals surface area contributed by atoms with Crippen LogP contribution in [-0.4, -0.2) is 28.9 Å². The standard InChI is InChI=1S/C12H16N6O/c1-17(2)10-6-11(19)18(15-7-10)8-9-4-3-5-14-12(9)16-13/h3-7H,8,13H2,1-2H3,(H,14,16). The van der Waals surface area contributed by atoms with Crippen molar-refractivity contribution in [1.29, 1.82) is 0 Å². The summed E-state index contributed by atoms with van der Waals surface area (Å²) >= 11 is 0. The highest BCUT2D eigenvalue weighted by atomic mass is 16.1. The largest absolute Gasteiger partial charge is 0.376 e. The Bertz CT molecular complexity index is 622. The van der Waals surface area contributed by atoms with Gasteiger partial charge in [-0.15, -0.1) is 0 Å². The monoisotopic (exact) mass is 260 g/mol. The molecule has 0 aromatic carbocycles. The fraction of sp³-hybridized carbons (Fsp3) is 0.250. The molecule has 0 aliphatic heterocycles. The summed E-state index contributed by atoms with van der Waals surface area (Å²) in [7, 11) is 3.72. The van der Waals surface area contributed by atoms with Crippen molar-refractivity contribution in [1.82, 2.24) is 14.8 Å². The average molecular weight is 260 g/mol. The molecule has 2 aromatic rings. The van der Waals surface area contributed by atoms with Crippen LogP contribution in [0.15, 0.2) is 35.4 Å². The minimum absolute atomic E-state index is 0.168. The van der Waals surface area contributed by atoms with Crippen molar-refractivity contribution in [2.75, 3.05) is 24.4 Å². The van der Waals surface area contributed by atoms with Gasteiger partial charge in [-0.05, 0) is 6.07 Å². The van der Waals surface area contributed by atoms with Gasteiger partial charge in [-0.3, -0.25) is 4.79 Å². The molecule has 2 rings (SSSR count). The van der Waals surface area contributed by atoms with Crippen molar-refractivity contribution in [2.24, 2.45) is 5.84 Å². The van der Waals surface area contributed by atoms with Gasteiger partial charge < -0.3 is 10.3 Å². The minimum Gasteiger partial charge on any atom is -0.376 e. The molecular weight excluding hydrogens is 244 g/mol. The van der Waals surface area contributed by atoms with Crippen LogP contribution < -0.4 is 21.7 Å². The minimum atomic E-state index is -0.168. The average Bonchev–Trinajstić information content (AvgIpc) is 2.41. The molecular formula is C12H16N6O. The Morgan fingerprint density at radius 1 is 1.47 bits per heavy atom. The summed E-state index contributed by atoms with van der Waals surface area (Å²) in [6.45, 7) is 0.319. The number of anilines is 2. The highest BCUT2D eigenvalue weighted by molar-refractivity contribution is 5.43. The number of nitrogens with two attached hydrogens (primary N) is 1. The van der Waals surface area contributed by atoms with E-state index in [9.17, 15) is 4.79 Å². The first-order valence-corrected chi connectivity index (χ1v) is 5.77. The summed E-state index contributed by atoms with van der Waals surface area (Å²) < 4.78 is 1.37. The molecule has 0 amide bonds. The van der Waals surface area contributed by atoms with E-state index in [-0.39, 0.29) is 5.56 Å². The zero-order valence-electron chi connectivity index (χ0n) is 10.9. The van der Waals surface area contributed by atoms with E-state index in [2.05, 4.69) is 15.5 Å². The Labute approximate surface area is 110 Å². The highest BCUT2D eigenvalue weighted by Crippen LogP contribution is 2.11. The summed E-state index contributed by atoms with van der Waals surface area (Å²) in [5.41, 5.74) is 3.91. The maximum absolute atomic E-state index is 12.0. The molecule has 0 aliphatic carbocycles. The third-order valence-corrected chi connectivity index (χ3v) is 2.72. The normalized spacial score (nSPS) is 10.3. The second kappa shape index (κ2) is 5.49. The van der Waals surface area contributed by atoms with Crippen LogP contribution in [0.4, 0.5) is 11.5 Å². The van der Waals surface area contributed by atoms with Gasteiger partial charge in [0.25, 0.3) is 5.56 Å². The summed E-state index contributed by atoms with van der Waals surface area (Å²) in [5.74, 6) is 5.91. The van der Waals surface area contributed by atoms with Gasteiger partial charge in [0.1, 0.15) is 5.82 Å². The predicted octanol–water partition coefficient (Wildman–Crippen LogP) is 0.0382. The van der Waals surface area contributed by atoms with Crippen molar-refractivity contribution in [3.8, 4) is 0 Å². The van der Waals surface area contributed by atoms with Crippen molar-refractivity contribution < 1.29 is 0 Å². The first-order valence-electron chi connectivity index (χ1n) is 5.77. The number of rotatable bonds is 4. The smallest absolute Gasteiger partial charge is 0.269 e. The van der Waals surface area contributed by atoms with Crippen LogP contribution >= 0.6 is 0 Å². The maximum Gasteiger partial charge on any atom is 0.269 e. The topological polar surface area (TPSA) is 89.1 Å². The van der Waals surface area contributed by atoms with Crippen molar-refractivity contribution >= 4 is 11.5 Å². The van der Waals surface area contributed by atoms with E-state index in [1.165, 1.54) is 4.68 Å². The molecule has 0 spiro atoms. The molecule has 0 atom stereocenters. The molecule has 2 heterocycles. The Kier molecular flexibility index (Phi) is 3.76. The molecule has 7 nitrogen and oxygen atoms in total. The number of nitrogens with one attached hydrogen (secondary N) is 1. The van der Waals surface area contributed by atoms with Crippen LogP contribution in [0.2, 0.25) is 0 Å². The number of hydrogen-bond donors (Lipinski definition) is 2. The molecule has 3 N–H and O–H groups in total. The van der Waals surface area contributed by atoms with E-state index in [0.717, 1.165) is 11.3 Å². The van der Waals surface area contributed by atoms with Crippen molar-refractivity contribution in [3.05, 3.63) is 46.5 Å². The van der Waals surface area contributed by atoms with E-state index in [1.807, 2.05) is 25.1 Å². The van der Waals surface area contributed by atoms with Gasteiger partial charge in [0.2, 0.25) is 0 Å². The highest BCUT2D eigenvalue weighted by Gasteiger charge is 2.06. The lowest BCUT2D eigenvalue weighted by Gasteiger charge is -2.13. The van der Waals surface area contributed by atoms with Crippen molar-refractivity contribution in [2.45, 2.75) is 6.54 Å². The van der Waals surface area contributed by atoms with Crippen LogP contribution in [0.3, 0.4) is 0 Å². The van der Waals surface area contributed by atoms with Crippen LogP contribution in [0.25, 0.3) is 0 Å². The molecule has 2 aromatic heterocycles. The SMILES string of the molecule is CN(C)c1cnn(Cc2cccnc2NN)c(=O)c1. The fourth-order valence-electron chi connectivity index (χ4n) is 1.64. The predicted molar refractivity (Wildman–Crippen MR) is 74.0 cm³/mol. The maximum atomic E-state index is 12.0. The summed E-state index contributed by atoms with van der Waals surface area (Å²) in [6, 6.07) is 5.17. The quantitative estimate of drug-likeness (QED) is 0.596. The van der Waals surface area contributed by atoms with E-state index >= 15 is 0 Å². The molecule has 100 valence electrons. The second-order valence-electron chi connectivity index (χ2n) is 4.26. The summed E-state index contributed by atoms with van der Waals surface area (Å²) in [4.78, 5) is 17.9. The lowest BCUT2D eigenvalue weighted by Crippen LogP contribution is -2.25. The molecule has 0 saturated carbocycles. The third-order valence-electron chi connectivity index (χ3n) is 2.72. The first-order chi connectivity index (χ1) is 9.11. The Hall–Kier alpha value is -2.41. The first kappa shape index (κ1) is 13.0. The Balaban J connectivity index is 2.31. The van der Waals surface area contributed by atoms with Gasteiger partial charge in [0.05, 0.1) is 18.4 Å². The summed E-state index contributed by atoms with van der Waals surface area (Å²) in [5, 5.41) is 4.14. The van der Waals surface area contributed by atoms with Gasteiger partial charge in [-0.1, -0.05) is 6.07 Å². The molecule has 0 fully saturated rings. The number of pyridine rings is 1. The van der Waals surface area contributed by atoms with Crippen LogP contribution in [0.5, 0.6) is 0 Å². The number of aromatic nitrogens is 3. The van der Waals surface area contributed by atoms with Crippen LogP contribution in [-0.2, 0) is 6.54 Å². The molecule has 19 heavy (non-hydrogen) atoms. The molecule has 0 aliphatic rings. The van der Waals surface area contributed by atoms with Gasteiger partial charge in [0, 0.05) is 31.9 Å². The van der Waals surface area contributed by atoms with E-state index in [1.54, 1.807) is 24.5 Å². The van der Waals surface area contributed by atoms with Gasteiger partial charge in [0.15, 0.2) is 0 Å². The van der Waals surface area contributed by atoms with Gasteiger partial charge in [-0.25, -0.2) is 15.5 Å². The fourth-order valence-corrected chi connectivity index (χ4v) is 1.64. The third kappa shape index (κ3) is 2.89. The number of nitrogen functional groups attached to an aromatic ring is 1. The molecule has 0 bridgehead atoms. The number of hydrazine groups is 1. The summed E-state index contributed by atoms with van der Waals surface area (Å²) in [6.07, 6.45) is 3.28. The van der Waals surface area contributed by atoms with E-state index < -0.39 is 0 Å². The van der Waals surface area contributed by atoms with Gasteiger partial charge in [-0.2, -0.15) is 5.10 Å². The van der Waals surface area contributed by atoms with Crippen molar-refractivity contribution in [3.63, 3.8) is 0 Å². The molecule has 0 saturated heterocycles. The lowest BCUT2D eigenvalue weighted by atomic mass is 10.2. The van der Waals surface area contributed by atoms with Gasteiger partial charge >= 0.3 is 0 Å². The second-order valence-corrected chi connectivity index (χ2v) is 4.26. The zero-order valence-corrected chi connectivity index (χ0v) is 10.9. The molecule has 7 heteroatoms. The molecule has 0 radical (unpaired) electrons. The Morgan fingerprint density at radius 2 is 2.26 bits per heavy atom. The number of nitrogens with zero attached hydrogens (tertiary/aromatic N) is 4. The number of hydrogen-bond acceptors (Lipinski definition) is 6. The van der Waals surface area contributed by atoms with Crippen LogP contribution in [0, 0.1) is 0 Å². The van der Waals surface area contributed by atoms with Crippen LogP contribution in [0.1, 0.15) is 5.56 Å². The zero-order chi connectivity index (χ0) is 13.8. The molecule has 0 unspecified atom stereocenters. The van der Waals surface area contributed by atoms with E-state index in [0.29, 0.717) is 12.4 Å².